The molecule has 2 rings (SSSR count). The van der Waals surface area contributed by atoms with Crippen molar-refractivity contribution >= 4 is 11.6 Å². The van der Waals surface area contributed by atoms with Gasteiger partial charge < -0.3 is 10.3 Å². The maximum Gasteiger partial charge on any atom is 0.253 e. The van der Waals surface area contributed by atoms with Crippen molar-refractivity contribution < 1.29 is 4.79 Å². The molecule has 0 saturated heterocycles. The zero-order valence-corrected chi connectivity index (χ0v) is 10.4. The van der Waals surface area contributed by atoms with Gasteiger partial charge in [0, 0.05) is 24.8 Å². The summed E-state index contributed by atoms with van der Waals surface area (Å²) in [4.78, 5) is 14.0. The maximum atomic E-state index is 12.2. The van der Waals surface area contributed by atoms with Gasteiger partial charge in [0.2, 0.25) is 0 Å². The number of rotatable bonds is 4. The van der Waals surface area contributed by atoms with E-state index in [9.17, 15) is 4.79 Å². The number of amides is 1. The zero-order valence-electron chi connectivity index (χ0n) is 10.4. The summed E-state index contributed by atoms with van der Waals surface area (Å²) in [5.74, 6) is 6.15. The molecule has 92 valence electrons. The minimum absolute atomic E-state index is 0.0953. The molecule has 0 spiro atoms. The molecule has 4 nitrogen and oxygen atoms in total. The molecule has 1 amide bonds. The highest BCUT2D eigenvalue weighted by Crippen LogP contribution is 2.29. The highest BCUT2D eigenvalue weighted by Gasteiger charge is 2.25. The summed E-state index contributed by atoms with van der Waals surface area (Å²) in [6.45, 7) is 2.80. The molecule has 1 aliphatic rings. The molecular formula is C13H19N3O. The third-order valence-corrected chi connectivity index (χ3v) is 3.20. The molecule has 0 aliphatic heterocycles. The number of nitrogens with one attached hydrogen (secondary N) is 1. The average Bonchev–Trinajstić information content (AvgIpc) is 3.11. The number of anilines is 1. The molecule has 17 heavy (non-hydrogen) atoms. The van der Waals surface area contributed by atoms with Crippen molar-refractivity contribution in [2.45, 2.75) is 19.8 Å². The van der Waals surface area contributed by atoms with E-state index in [0.717, 1.165) is 23.4 Å². The third kappa shape index (κ3) is 2.77. The fourth-order valence-electron chi connectivity index (χ4n) is 1.97. The molecule has 0 atom stereocenters. The molecule has 1 fully saturated rings. The number of benzene rings is 1. The molecule has 0 heterocycles. The van der Waals surface area contributed by atoms with E-state index in [1.54, 1.807) is 0 Å². The van der Waals surface area contributed by atoms with Gasteiger partial charge in [0.05, 0.1) is 0 Å². The number of carbonyl (C=O) groups excluding carboxylic acids is 1. The first kappa shape index (κ1) is 11.9. The molecule has 0 radical (unpaired) electrons. The molecular weight excluding hydrogens is 214 g/mol. The first-order valence-electron chi connectivity index (χ1n) is 5.94. The van der Waals surface area contributed by atoms with Gasteiger partial charge in [-0.1, -0.05) is 0 Å². The Morgan fingerprint density at radius 3 is 2.76 bits per heavy atom. The summed E-state index contributed by atoms with van der Waals surface area (Å²) in [5, 5.41) is 0. The Hall–Kier alpha value is -1.55. The van der Waals surface area contributed by atoms with E-state index in [1.807, 2.05) is 37.1 Å². The molecule has 1 aliphatic carbocycles. The van der Waals surface area contributed by atoms with E-state index >= 15 is 0 Å². The Labute approximate surface area is 102 Å². The molecule has 1 aromatic carbocycles. The summed E-state index contributed by atoms with van der Waals surface area (Å²) in [6.07, 6.45) is 2.51. The lowest BCUT2D eigenvalue weighted by molar-refractivity contribution is 0.0788. The molecule has 1 saturated carbocycles. The number of aryl methyl sites for hydroxylation is 1. The monoisotopic (exact) mass is 233 g/mol. The Kier molecular flexibility index (Phi) is 3.33. The fourth-order valence-corrected chi connectivity index (χ4v) is 1.97. The van der Waals surface area contributed by atoms with Crippen LogP contribution in [0.2, 0.25) is 0 Å². The van der Waals surface area contributed by atoms with E-state index in [-0.39, 0.29) is 5.91 Å². The van der Waals surface area contributed by atoms with Gasteiger partial charge in [-0.2, -0.15) is 0 Å². The topological polar surface area (TPSA) is 58.4 Å². The standard InChI is InChI=1S/C13H19N3O/c1-9-7-11(15-14)5-6-12(9)13(17)16(2)8-10-3-4-10/h5-7,10,15H,3-4,8,14H2,1-2H3. The Morgan fingerprint density at radius 1 is 1.53 bits per heavy atom. The second-order valence-electron chi connectivity index (χ2n) is 4.80. The zero-order chi connectivity index (χ0) is 12.4. The van der Waals surface area contributed by atoms with Gasteiger partial charge in [0.15, 0.2) is 0 Å². The van der Waals surface area contributed by atoms with Crippen molar-refractivity contribution in [2.24, 2.45) is 11.8 Å². The van der Waals surface area contributed by atoms with Crippen molar-refractivity contribution in [1.82, 2.24) is 4.90 Å². The van der Waals surface area contributed by atoms with Gasteiger partial charge in [-0.05, 0) is 49.4 Å². The minimum atomic E-state index is 0.0953. The largest absolute Gasteiger partial charge is 0.341 e. The molecule has 0 unspecified atom stereocenters. The van der Waals surface area contributed by atoms with Crippen molar-refractivity contribution in [1.29, 1.82) is 0 Å². The highest BCUT2D eigenvalue weighted by atomic mass is 16.2. The molecule has 0 aromatic heterocycles. The summed E-state index contributed by atoms with van der Waals surface area (Å²) in [7, 11) is 1.87. The normalized spacial score (nSPS) is 14.5. The minimum Gasteiger partial charge on any atom is -0.341 e. The number of hydrogen-bond donors (Lipinski definition) is 2. The van der Waals surface area contributed by atoms with Crippen molar-refractivity contribution in [2.75, 3.05) is 19.0 Å². The number of nitrogens with zero attached hydrogens (tertiary/aromatic N) is 1. The van der Waals surface area contributed by atoms with Gasteiger partial charge in [0.1, 0.15) is 0 Å². The predicted octanol–water partition coefficient (Wildman–Crippen LogP) is 1.76. The van der Waals surface area contributed by atoms with E-state index in [1.165, 1.54) is 12.8 Å². The van der Waals surface area contributed by atoms with Crippen LogP contribution in [-0.4, -0.2) is 24.4 Å². The van der Waals surface area contributed by atoms with E-state index in [0.29, 0.717) is 5.92 Å². The maximum absolute atomic E-state index is 12.2. The van der Waals surface area contributed by atoms with Crippen LogP contribution in [0.1, 0.15) is 28.8 Å². The lowest BCUT2D eigenvalue weighted by Gasteiger charge is -2.18. The van der Waals surface area contributed by atoms with Gasteiger partial charge in [-0.15, -0.1) is 0 Å². The predicted molar refractivity (Wildman–Crippen MR) is 68.7 cm³/mol. The van der Waals surface area contributed by atoms with Crippen LogP contribution in [0.5, 0.6) is 0 Å². The lowest BCUT2D eigenvalue weighted by Crippen LogP contribution is -2.29. The Morgan fingerprint density at radius 2 is 2.24 bits per heavy atom. The molecule has 1 aromatic rings. The van der Waals surface area contributed by atoms with Crippen LogP contribution in [-0.2, 0) is 0 Å². The third-order valence-electron chi connectivity index (χ3n) is 3.20. The number of nitrogens with two attached hydrogens (primary N) is 1. The fraction of sp³-hybridized carbons (Fsp3) is 0.462. The highest BCUT2D eigenvalue weighted by molar-refractivity contribution is 5.95. The van der Waals surface area contributed by atoms with E-state index < -0.39 is 0 Å². The van der Waals surface area contributed by atoms with Crippen molar-refractivity contribution in [3.05, 3.63) is 29.3 Å². The lowest BCUT2D eigenvalue weighted by atomic mass is 10.1. The number of nitrogen functional groups attached to an aromatic ring is 1. The van der Waals surface area contributed by atoms with Crippen LogP contribution in [0.25, 0.3) is 0 Å². The van der Waals surface area contributed by atoms with Crippen molar-refractivity contribution in [3.8, 4) is 0 Å². The molecule has 4 heteroatoms. The number of hydrazine groups is 1. The van der Waals surface area contributed by atoms with Crippen LogP contribution < -0.4 is 11.3 Å². The quantitative estimate of drug-likeness (QED) is 0.615. The van der Waals surface area contributed by atoms with Gasteiger partial charge in [-0.3, -0.25) is 10.6 Å². The summed E-state index contributed by atoms with van der Waals surface area (Å²) >= 11 is 0. The summed E-state index contributed by atoms with van der Waals surface area (Å²) < 4.78 is 0. The summed E-state index contributed by atoms with van der Waals surface area (Å²) in [6, 6.07) is 5.54. The first-order chi connectivity index (χ1) is 8.11. The second-order valence-corrected chi connectivity index (χ2v) is 4.80. The summed E-state index contributed by atoms with van der Waals surface area (Å²) in [5.41, 5.74) is 5.11. The van der Waals surface area contributed by atoms with Crippen LogP contribution in [0.15, 0.2) is 18.2 Å². The molecule has 0 bridgehead atoms. The van der Waals surface area contributed by atoms with Crippen molar-refractivity contribution in [3.63, 3.8) is 0 Å². The number of hydrogen-bond acceptors (Lipinski definition) is 3. The SMILES string of the molecule is Cc1cc(NN)ccc1C(=O)N(C)CC1CC1. The van der Waals surface area contributed by atoms with Crippen LogP contribution in [0.3, 0.4) is 0 Å². The van der Waals surface area contributed by atoms with Gasteiger partial charge in [-0.25, -0.2) is 0 Å². The molecule has 3 N–H and O–H groups in total. The second kappa shape index (κ2) is 4.75. The van der Waals surface area contributed by atoms with Crippen LogP contribution in [0, 0.1) is 12.8 Å². The smallest absolute Gasteiger partial charge is 0.253 e. The van der Waals surface area contributed by atoms with Crippen LogP contribution >= 0.6 is 0 Å². The first-order valence-corrected chi connectivity index (χ1v) is 5.94. The van der Waals surface area contributed by atoms with E-state index in [4.69, 9.17) is 5.84 Å². The van der Waals surface area contributed by atoms with Gasteiger partial charge in [0.25, 0.3) is 5.91 Å². The Bertz CT molecular complexity index is 427. The Balaban J connectivity index is 2.11. The average molecular weight is 233 g/mol. The van der Waals surface area contributed by atoms with Gasteiger partial charge >= 0.3 is 0 Å². The van der Waals surface area contributed by atoms with Crippen LogP contribution in [0.4, 0.5) is 5.69 Å². The van der Waals surface area contributed by atoms with E-state index in [2.05, 4.69) is 5.43 Å². The number of carbonyl (C=O) groups is 1.